The Morgan fingerprint density at radius 2 is 1.78 bits per heavy atom. The van der Waals surface area contributed by atoms with Crippen molar-refractivity contribution in [2.75, 3.05) is 25.9 Å². The first-order chi connectivity index (χ1) is 8.42. The van der Waals surface area contributed by atoms with Gasteiger partial charge >= 0.3 is 8.08 Å². The molecule has 0 aromatic heterocycles. The van der Waals surface area contributed by atoms with Gasteiger partial charge < -0.3 is 19.1 Å². The largest absolute Gasteiger partial charge is 0.415 e. The van der Waals surface area contributed by atoms with Crippen LogP contribution in [0.25, 0.3) is 0 Å². The maximum Gasteiger partial charge on any atom is 0.355 e. The van der Waals surface area contributed by atoms with Crippen LogP contribution in [0.4, 0.5) is 0 Å². The van der Waals surface area contributed by atoms with E-state index < -0.39 is 25.4 Å². The molecule has 108 valence electrons. The minimum atomic E-state index is -2.69. The van der Waals surface area contributed by atoms with E-state index in [2.05, 4.69) is 43.9 Å². The second-order valence-electron chi connectivity index (χ2n) is 4.73. The summed E-state index contributed by atoms with van der Waals surface area (Å²) < 4.78 is 11.2. The predicted molar refractivity (Wildman–Crippen MR) is 81.1 cm³/mol. The first kappa shape index (κ1) is 18.5. The lowest BCUT2D eigenvalue weighted by molar-refractivity contribution is 0.134. The summed E-state index contributed by atoms with van der Waals surface area (Å²) in [6.45, 7) is 13.0. The number of hydroxylamine groups is 1. The molecule has 0 rings (SSSR count). The molecule has 3 N–H and O–H groups in total. The SMILES string of the molecule is CCCNCCNO[Si](O)(CO[Si](C)C)[Si](C)C. The topological polar surface area (TPSA) is 62.8 Å². The molecular weight excluding hydrogens is 280 g/mol. The second-order valence-corrected chi connectivity index (χ2v) is 16.2. The molecule has 0 aliphatic carbocycles. The van der Waals surface area contributed by atoms with Crippen LogP contribution in [-0.2, 0) is 8.95 Å². The molecule has 0 spiro atoms. The van der Waals surface area contributed by atoms with Gasteiger partial charge in [0.1, 0.15) is 8.31 Å². The van der Waals surface area contributed by atoms with E-state index in [0.717, 1.165) is 19.5 Å². The fraction of sp³-hybridized carbons (Fsp3) is 1.00. The van der Waals surface area contributed by atoms with E-state index in [1.54, 1.807) is 0 Å². The van der Waals surface area contributed by atoms with E-state index in [-0.39, 0.29) is 0 Å². The summed E-state index contributed by atoms with van der Waals surface area (Å²) in [6.07, 6.45) is 1.52. The van der Waals surface area contributed by atoms with Gasteiger partial charge in [-0.1, -0.05) is 20.0 Å². The molecule has 0 heterocycles. The number of nitrogens with one attached hydrogen (secondary N) is 2. The van der Waals surface area contributed by atoms with Crippen LogP contribution in [0.5, 0.6) is 0 Å². The van der Waals surface area contributed by atoms with Crippen molar-refractivity contribution in [3.8, 4) is 0 Å². The molecule has 0 fully saturated rings. The molecule has 0 saturated carbocycles. The average molecular weight is 309 g/mol. The zero-order chi connectivity index (χ0) is 14.0. The van der Waals surface area contributed by atoms with Crippen molar-refractivity contribution in [3.63, 3.8) is 0 Å². The lowest BCUT2D eigenvalue weighted by Gasteiger charge is -2.28. The molecule has 5 nitrogen and oxygen atoms in total. The van der Waals surface area contributed by atoms with Crippen LogP contribution in [0, 0.1) is 0 Å². The molecule has 8 heteroatoms. The lowest BCUT2D eigenvalue weighted by atomic mass is 10.5. The number of hydrogen-bond acceptors (Lipinski definition) is 5. The second kappa shape index (κ2) is 10.3. The van der Waals surface area contributed by atoms with Gasteiger partial charge in [-0.2, -0.15) is 0 Å². The Bertz CT molecular complexity index is 211. The van der Waals surface area contributed by atoms with Crippen molar-refractivity contribution in [1.82, 2.24) is 10.8 Å². The molecular formula is C10H28N2O3Si3. The van der Waals surface area contributed by atoms with Crippen molar-refractivity contribution >= 4 is 25.4 Å². The highest BCUT2D eigenvalue weighted by Gasteiger charge is 2.40. The highest BCUT2D eigenvalue weighted by Crippen LogP contribution is 2.06. The lowest BCUT2D eigenvalue weighted by Crippen LogP contribution is -2.59. The van der Waals surface area contributed by atoms with Gasteiger partial charge in [0.25, 0.3) is 0 Å². The third-order valence-corrected chi connectivity index (χ3v) is 11.4. The van der Waals surface area contributed by atoms with E-state index >= 15 is 0 Å². The van der Waals surface area contributed by atoms with Crippen LogP contribution in [0.2, 0.25) is 26.2 Å². The summed E-state index contributed by atoms with van der Waals surface area (Å²) in [5.41, 5.74) is 2.90. The van der Waals surface area contributed by atoms with Gasteiger partial charge in [0.15, 0.2) is 0 Å². The fourth-order valence-corrected chi connectivity index (χ4v) is 6.30. The summed E-state index contributed by atoms with van der Waals surface area (Å²) in [6, 6.07) is 0. The molecule has 1 atom stereocenters. The maximum absolute atomic E-state index is 10.5. The molecule has 2 radical (unpaired) electrons. The molecule has 0 amide bonds. The van der Waals surface area contributed by atoms with E-state index in [4.69, 9.17) is 8.95 Å². The van der Waals surface area contributed by atoms with Crippen molar-refractivity contribution in [2.24, 2.45) is 0 Å². The Hall–Kier alpha value is 0.451. The van der Waals surface area contributed by atoms with Gasteiger partial charge in [-0.15, -0.1) is 0 Å². The number of rotatable bonds is 11. The third-order valence-electron chi connectivity index (χ3n) is 2.41. The van der Waals surface area contributed by atoms with E-state index in [0.29, 0.717) is 12.8 Å². The van der Waals surface area contributed by atoms with Crippen LogP contribution >= 0.6 is 0 Å². The van der Waals surface area contributed by atoms with E-state index in [9.17, 15) is 4.80 Å². The van der Waals surface area contributed by atoms with Gasteiger partial charge in [-0.3, -0.25) is 0 Å². The van der Waals surface area contributed by atoms with Gasteiger partial charge in [0.2, 0.25) is 9.04 Å². The Morgan fingerprint density at radius 1 is 1.11 bits per heavy atom. The summed E-state index contributed by atoms with van der Waals surface area (Å²) in [5, 5.41) is 3.27. The minimum absolute atomic E-state index is 0.394. The van der Waals surface area contributed by atoms with E-state index in [1.165, 1.54) is 0 Å². The monoisotopic (exact) mass is 308 g/mol. The maximum atomic E-state index is 10.5. The molecule has 0 aliphatic heterocycles. The van der Waals surface area contributed by atoms with Crippen molar-refractivity contribution in [1.29, 1.82) is 0 Å². The van der Waals surface area contributed by atoms with Gasteiger partial charge in [-0.05, 0) is 26.1 Å². The van der Waals surface area contributed by atoms with Gasteiger partial charge in [0.05, 0.1) is 6.23 Å². The fourth-order valence-electron chi connectivity index (χ4n) is 1.13. The Morgan fingerprint density at radius 3 is 2.28 bits per heavy atom. The Labute approximate surface area is 116 Å². The summed E-state index contributed by atoms with van der Waals surface area (Å²) >= 11 is 0. The van der Waals surface area contributed by atoms with Crippen LogP contribution < -0.4 is 10.8 Å². The highest BCUT2D eigenvalue weighted by atomic mass is 29.3. The summed E-state index contributed by atoms with van der Waals surface area (Å²) in [4.78, 5) is 10.5. The standard InChI is InChI=1S/C10H28N2O3Si3/c1-6-7-11-8-9-12-15-18(13,17(4)5)10-14-16(2)3/h11-13H,6-10H2,1-5H3. The molecule has 0 aromatic rings. The first-order valence-electron chi connectivity index (χ1n) is 6.50. The smallest absolute Gasteiger partial charge is 0.355 e. The minimum Gasteiger partial charge on any atom is -0.415 e. The first-order valence-corrected chi connectivity index (χ1v) is 14.5. The van der Waals surface area contributed by atoms with Crippen LogP contribution in [0.15, 0.2) is 0 Å². The molecule has 1 unspecified atom stereocenters. The van der Waals surface area contributed by atoms with Crippen LogP contribution in [-0.4, -0.2) is 56.1 Å². The Kier molecular flexibility index (Phi) is 10.5. The molecule has 0 bridgehead atoms. The van der Waals surface area contributed by atoms with E-state index in [1.807, 2.05) is 0 Å². The zero-order valence-corrected chi connectivity index (χ0v) is 15.3. The van der Waals surface area contributed by atoms with Gasteiger partial charge in [-0.25, -0.2) is 5.48 Å². The van der Waals surface area contributed by atoms with Gasteiger partial charge in [0, 0.05) is 13.1 Å². The van der Waals surface area contributed by atoms with Crippen LogP contribution in [0.1, 0.15) is 13.3 Å². The molecule has 0 saturated heterocycles. The molecule has 0 aliphatic rings. The number of hydrogen-bond donors (Lipinski definition) is 3. The quantitative estimate of drug-likeness (QED) is 0.296. The normalized spacial score (nSPS) is 15.3. The summed E-state index contributed by atoms with van der Waals surface area (Å²) in [7, 11) is -4.35. The van der Waals surface area contributed by atoms with Crippen LogP contribution in [0.3, 0.4) is 0 Å². The highest BCUT2D eigenvalue weighted by molar-refractivity contribution is 7.25. The summed E-state index contributed by atoms with van der Waals surface area (Å²) in [5.74, 6) is 0. The average Bonchev–Trinajstić information content (AvgIpc) is 2.31. The third kappa shape index (κ3) is 8.53. The van der Waals surface area contributed by atoms with Crippen molar-refractivity contribution in [3.05, 3.63) is 0 Å². The predicted octanol–water partition coefficient (Wildman–Crippen LogP) is 0.581. The van der Waals surface area contributed by atoms with Crippen molar-refractivity contribution in [2.45, 2.75) is 39.5 Å². The van der Waals surface area contributed by atoms with Crippen molar-refractivity contribution < 1.29 is 13.7 Å². The zero-order valence-electron chi connectivity index (χ0n) is 12.3. The Balaban J connectivity index is 3.88. The molecule has 0 aromatic carbocycles. The molecule has 18 heavy (non-hydrogen) atoms.